The highest BCUT2D eigenvalue weighted by molar-refractivity contribution is 5.90. The van der Waals surface area contributed by atoms with Crippen molar-refractivity contribution in [3.63, 3.8) is 0 Å². The molecular weight excluding hydrogens is 532 g/mol. The van der Waals surface area contributed by atoms with Crippen LogP contribution in [0.3, 0.4) is 0 Å². The van der Waals surface area contributed by atoms with Gasteiger partial charge in [-0.15, -0.1) is 0 Å². The van der Waals surface area contributed by atoms with Crippen LogP contribution in [0.15, 0.2) is 91.1 Å². The molecule has 10 nitrogen and oxygen atoms in total. The van der Waals surface area contributed by atoms with E-state index in [1.807, 2.05) is 0 Å². The number of carbonyl (C=O) groups excluding carboxylic acids is 3. The molecule has 0 saturated carbocycles. The molecule has 0 bridgehead atoms. The minimum atomic E-state index is -1.58. The number of aliphatic hydroxyl groups excluding tert-OH is 2. The zero-order valence-corrected chi connectivity index (χ0v) is 23.3. The van der Waals surface area contributed by atoms with Crippen LogP contribution in [0, 0.1) is 0 Å². The van der Waals surface area contributed by atoms with Crippen molar-refractivity contribution >= 4 is 24.0 Å². The lowest BCUT2D eigenvalue weighted by Crippen LogP contribution is -2.16. The number of hydrogen-bond donors (Lipinski definition) is 2. The Morgan fingerprint density at radius 2 is 1.20 bits per heavy atom. The van der Waals surface area contributed by atoms with E-state index in [2.05, 4.69) is 26.3 Å². The van der Waals surface area contributed by atoms with Crippen LogP contribution in [0.4, 0.5) is 0 Å². The van der Waals surface area contributed by atoms with Crippen molar-refractivity contribution in [2.45, 2.75) is 40.3 Å². The predicted molar refractivity (Wildman–Crippen MR) is 151 cm³/mol. The van der Waals surface area contributed by atoms with E-state index in [-0.39, 0.29) is 45.5 Å². The fraction of sp³-hybridized carbons (Fsp3) is 0.194. The van der Waals surface area contributed by atoms with Crippen LogP contribution < -0.4 is 23.7 Å². The van der Waals surface area contributed by atoms with Crippen LogP contribution in [-0.2, 0) is 14.4 Å². The van der Waals surface area contributed by atoms with Gasteiger partial charge in [0.15, 0.2) is 11.5 Å². The third-order valence-corrected chi connectivity index (χ3v) is 4.92. The molecule has 0 aliphatic rings. The summed E-state index contributed by atoms with van der Waals surface area (Å²) < 4.78 is 26.7. The molecule has 41 heavy (non-hydrogen) atoms. The number of ether oxygens (including phenoxy) is 5. The van der Waals surface area contributed by atoms with Crippen molar-refractivity contribution in [2.24, 2.45) is 0 Å². The summed E-state index contributed by atoms with van der Waals surface area (Å²) in [6.45, 7) is 20.2. The van der Waals surface area contributed by atoms with Crippen molar-refractivity contribution in [3.8, 4) is 28.7 Å². The molecule has 0 radical (unpaired) electrons. The molecule has 0 saturated heterocycles. The number of esters is 3. The first-order valence-corrected chi connectivity index (χ1v) is 12.1. The van der Waals surface area contributed by atoms with Gasteiger partial charge in [0.1, 0.15) is 17.2 Å². The van der Waals surface area contributed by atoms with Crippen molar-refractivity contribution in [1.29, 1.82) is 0 Å². The van der Waals surface area contributed by atoms with E-state index in [0.29, 0.717) is 11.1 Å². The van der Waals surface area contributed by atoms with Gasteiger partial charge in [0.2, 0.25) is 12.6 Å². The van der Waals surface area contributed by atoms with Gasteiger partial charge in [-0.2, -0.15) is 0 Å². The summed E-state index contributed by atoms with van der Waals surface area (Å²) in [6, 6.07) is 8.35. The van der Waals surface area contributed by atoms with Crippen molar-refractivity contribution in [3.05, 3.63) is 96.6 Å². The zero-order chi connectivity index (χ0) is 30.9. The second kappa shape index (κ2) is 14.5. The number of benzene rings is 2. The minimum Gasteiger partial charge on any atom is -0.461 e. The first-order chi connectivity index (χ1) is 19.2. The van der Waals surface area contributed by atoms with Crippen LogP contribution in [-0.4, -0.2) is 40.7 Å². The van der Waals surface area contributed by atoms with Crippen molar-refractivity contribution in [1.82, 2.24) is 0 Å². The first kappa shape index (κ1) is 32.3. The maximum atomic E-state index is 12.2. The molecule has 2 N–H and O–H groups in total. The molecule has 0 spiro atoms. The molecular formula is C31H32O10. The van der Waals surface area contributed by atoms with Gasteiger partial charge in [0.25, 0.3) is 0 Å². The Morgan fingerprint density at radius 3 is 1.76 bits per heavy atom. The molecule has 2 unspecified atom stereocenters. The SMILES string of the molecule is C=C(C)C(=O)Oc1ccc(OC(O)/C=C/c2ccc(OC(O)C(=C)C)cc2OC(=O)C(=C)C)c(OC(=O)C(=C)C)c1. The Labute approximate surface area is 238 Å². The Kier molecular flexibility index (Phi) is 11.4. The summed E-state index contributed by atoms with van der Waals surface area (Å²) in [5.41, 5.74) is 1.11. The number of rotatable bonds is 13. The van der Waals surface area contributed by atoms with E-state index in [0.717, 1.165) is 0 Å². The zero-order valence-electron chi connectivity index (χ0n) is 23.3. The molecule has 2 rings (SSSR count). The van der Waals surface area contributed by atoms with Gasteiger partial charge in [-0.25, -0.2) is 14.4 Å². The Morgan fingerprint density at radius 1 is 0.683 bits per heavy atom. The summed E-state index contributed by atoms with van der Waals surface area (Å²) >= 11 is 0. The van der Waals surface area contributed by atoms with Crippen LogP contribution in [0.25, 0.3) is 6.08 Å². The quantitative estimate of drug-likeness (QED) is 0.115. The summed E-state index contributed by atoms with van der Waals surface area (Å²) in [7, 11) is 0. The standard InChI is InChI=1S/C31H32O10/c1-17(2)28(33)37-22-11-9-21(25(15-22)40-30(35)19(5)6)10-14-27(32)39-24-13-12-23(38-29(34)18(3)4)16-26(24)41-31(36)20(7)8/h9-16,27-28,32-33H,1,3,5,7H2,2,4,6,8H3/b14-10+. The van der Waals surface area contributed by atoms with Gasteiger partial charge in [0, 0.05) is 34.4 Å². The lowest BCUT2D eigenvalue weighted by Gasteiger charge is -2.16. The number of carbonyl (C=O) groups is 3. The topological polar surface area (TPSA) is 138 Å². The van der Waals surface area contributed by atoms with Gasteiger partial charge in [-0.1, -0.05) is 26.3 Å². The van der Waals surface area contributed by atoms with E-state index < -0.39 is 30.5 Å². The van der Waals surface area contributed by atoms with Crippen LogP contribution in [0.2, 0.25) is 0 Å². The Balaban J connectivity index is 2.34. The molecule has 0 aromatic heterocycles. The maximum Gasteiger partial charge on any atom is 0.338 e. The van der Waals surface area contributed by atoms with Gasteiger partial charge >= 0.3 is 17.9 Å². The fourth-order valence-electron chi connectivity index (χ4n) is 2.70. The molecule has 10 heteroatoms. The molecule has 216 valence electrons. The van der Waals surface area contributed by atoms with Crippen molar-refractivity contribution in [2.75, 3.05) is 0 Å². The molecule has 2 aromatic carbocycles. The van der Waals surface area contributed by atoms with Crippen LogP contribution >= 0.6 is 0 Å². The molecule has 2 aromatic rings. The molecule has 0 heterocycles. The normalized spacial score (nSPS) is 12.0. The highest BCUT2D eigenvalue weighted by Crippen LogP contribution is 2.34. The average molecular weight is 565 g/mol. The highest BCUT2D eigenvalue weighted by atomic mass is 16.6. The second-order valence-corrected chi connectivity index (χ2v) is 9.00. The Bertz CT molecular complexity index is 1420. The molecule has 0 fully saturated rings. The van der Waals surface area contributed by atoms with E-state index >= 15 is 0 Å². The second-order valence-electron chi connectivity index (χ2n) is 9.00. The number of hydrogen-bond acceptors (Lipinski definition) is 10. The van der Waals surface area contributed by atoms with Crippen LogP contribution in [0.5, 0.6) is 28.7 Å². The molecule has 0 amide bonds. The lowest BCUT2D eigenvalue weighted by molar-refractivity contribution is -0.131. The highest BCUT2D eigenvalue weighted by Gasteiger charge is 2.17. The third kappa shape index (κ3) is 9.95. The van der Waals surface area contributed by atoms with Crippen LogP contribution in [0.1, 0.15) is 33.3 Å². The maximum absolute atomic E-state index is 12.2. The smallest absolute Gasteiger partial charge is 0.338 e. The molecule has 2 atom stereocenters. The third-order valence-electron chi connectivity index (χ3n) is 4.92. The average Bonchev–Trinajstić information content (AvgIpc) is 2.89. The summed E-state index contributed by atoms with van der Waals surface area (Å²) in [5.74, 6) is -2.08. The van der Waals surface area contributed by atoms with E-state index in [1.165, 1.54) is 69.3 Å². The molecule has 0 aliphatic heterocycles. The number of aliphatic hydroxyl groups is 2. The monoisotopic (exact) mass is 564 g/mol. The Hall–Kier alpha value is -4.93. The molecule has 0 aliphatic carbocycles. The van der Waals surface area contributed by atoms with E-state index in [4.69, 9.17) is 23.7 Å². The van der Waals surface area contributed by atoms with Gasteiger partial charge in [-0.05, 0) is 69.7 Å². The van der Waals surface area contributed by atoms with E-state index in [9.17, 15) is 24.6 Å². The lowest BCUT2D eigenvalue weighted by atomic mass is 10.1. The summed E-state index contributed by atoms with van der Waals surface area (Å²) in [4.78, 5) is 36.2. The summed E-state index contributed by atoms with van der Waals surface area (Å²) in [5, 5.41) is 20.5. The van der Waals surface area contributed by atoms with Gasteiger partial charge in [0.05, 0.1) is 0 Å². The van der Waals surface area contributed by atoms with Gasteiger partial charge in [-0.3, -0.25) is 0 Å². The predicted octanol–water partition coefficient (Wildman–Crippen LogP) is 4.82. The summed E-state index contributed by atoms with van der Waals surface area (Å²) in [6.07, 6.45) is -0.212. The largest absolute Gasteiger partial charge is 0.461 e. The van der Waals surface area contributed by atoms with E-state index in [1.54, 1.807) is 6.92 Å². The van der Waals surface area contributed by atoms with Gasteiger partial charge < -0.3 is 33.9 Å². The minimum absolute atomic E-state index is 0.0444. The fourth-order valence-corrected chi connectivity index (χ4v) is 2.70. The first-order valence-electron chi connectivity index (χ1n) is 12.1. The van der Waals surface area contributed by atoms with Crippen molar-refractivity contribution < 1.29 is 48.3 Å².